The van der Waals surface area contributed by atoms with Gasteiger partial charge in [-0.25, -0.2) is 0 Å². The summed E-state index contributed by atoms with van der Waals surface area (Å²) >= 11 is 0. The summed E-state index contributed by atoms with van der Waals surface area (Å²) in [6, 6.07) is 5.65. The molecular formula is C13H18N4O2. The highest BCUT2D eigenvalue weighted by Crippen LogP contribution is 2.23. The lowest BCUT2D eigenvalue weighted by molar-refractivity contribution is 0.267. The Labute approximate surface area is 112 Å². The molecule has 0 spiro atoms. The highest BCUT2D eigenvalue weighted by Gasteiger charge is 2.05. The van der Waals surface area contributed by atoms with Gasteiger partial charge in [0.2, 0.25) is 0 Å². The van der Waals surface area contributed by atoms with Crippen molar-refractivity contribution in [2.24, 2.45) is 7.05 Å². The van der Waals surface area contributed by atoms with E-state index in [2.05, 4.69) is 15.6 Å². The Morgan fingerprint density at radius 1 is 1.42 bits per heavy atom. The van der Waals surface area contributed by atoms with E-state index < -0.39 is 0 Å². The number of aromatic nitrogens is 3. The lowest BCUT2D eigenvalue weighted by Crippen LogP contribution is -2.02. The fraction of sp³-hybridized carbons (Fsp3) is 0.385. The summed E-state index contributed by atoms with van der Waals surface area (Å²) in [5.74, 6) is 0.718. The highest BCUT2D eigenvalue weighted by molar-refractivity contribution is 5.51. The van der Waals surface area contributed by atoms with Gasteiger partial charge in [0, 0.05) is 24.5 Å². The maximum atomic E-state index is 9.32. The topological polar surface area (TPSA) is 72.2 Å². The fourth-order valence-corrected chi connectivity index (χ4v) is 1.78. The van der Waals surface area contributed by atoms with Crippen LogP contribution in [0.3, 0.4) is 0 Å². The molecule has 1 aromatic heterocycles. The number of aliphatic hydroxyl groups excluding tert-OH is 1. The van der Waals surface area contributed by atoms with Crippen molar-refractivity contribution in [2.45, 2.75) is 20.1 Å². The number of aliphatic hydroxyl groups is 1. The Kier molecular flexibility index (Phi) is 4.35. The van der Waals surface area contributed by atoms with Crippen LogP contribution in [-0.4, -0.2) is 26.7 Å². The normalized spacial score (nSPS) is 10.5. The molecule has 2 aromatic rings. The molecule has 2 rings (SSSR count). The van der Waals surface area contributed by atoms with Crippen molar-refractivity contribution >= 4 is 5.69 Å². The van der Waals surface area contributed by atoms with Crippen LogP contribution >= 0.6 is 0 Å². The molecule has 0 bridgehead atoms. The molecule has 6 heteroatoms. The molecule has 2 N–H and O–H groups in total. The second-order valence-electron chi connectivity index (χ2n) is 4.15. The van der Waals surface area contributed by atoms with E-state index >= 15 is 0 Å². The third kappa shape index (κ3) is 3.45. The minimum absolute atomic E-state index is 0.0456. The summed E-state index contributed by atoms with van der Waals surface area (Å²) < 4.78 is 7.10. The first-order valence-electron chi connectivity index (χ1n) is 6.18. The first-order valence-corrected chi connectivity index (χ1v) is 6.18. The molecule has 0 atom stereocenters. The zero-order valence-corrected chi connectivity index (χ0v) is 11.1. The first kappa shape index (κ1) is 13.4. The summed E-state index contributed by atoms with van der Waals surface area (Å²) in [6.45, 7) is 3.05. The van der Waals surface area contributed by atoms with Crippen LogP contribution in [0, 0.1) is 0 Å². The smallest absolute Gasteiger partial charge is 0.124 e. The summed E-state index contributed by atoms with van der Waals surface area (Å²) in [5, 5.41) is 20.4. The zero-order chi connectivity index (χ0) is 13.7. The summed E-state index contributed by atoms with van der Waals surface area (Å²) in [5.41, 5.74) is 2.55. The molecule has 0 saturated carbocycles. The van der Waals surface area contributed by atoms with Gasteiger partial charge in [-0.15, -0.1) is 5.10 Å². The van der Waals surface area contributed by atoms with E-state index in [1.165, 1.54) is 0 Å². The van der Waals surface area contributed by atoms with E-state index in [9.17, 15) is 5.11 Å². The predicted molar refractivity (Wildman–Crippen MR) is 71.9 cm³/mol. The number of nitrogens with zero attached hydrogens (tertiary/aromatic N) is 3. The van der Waals surface area contributed by atoms with E-state index in [0.29, 0.717) is 13.2 Å². The van der Waals surface area contributed by atoms with Crippen LogP contribution in [0.2, 0.25) is 0 Å². The van der Waals surface area contributed by atoms with E-state index in [-0.39, 0.29) is 6.61 Å². The van der Waals surface area contributed by atoms with Gasteiger partial charge >= 0.3 is 0 Å². The maximum Gasteiger partial charge on any atom is 0.124 e. The second-order valence-corrected chi connectivity index (χ2v) is 4.15. The Hall–Kier alpha value is -2.08. The van der Waals surface area contributed by atoms with Crippen molar-refractivity contribution in [3.63, 3.8) is 0 Å². The van der Waals surface area contributed by atoms with E-state index in [4.69, 9.17) is 4.74 Å². The van der Waals surface area contributed by atoms with E-state index in [1.807, 2.05) is 38.4 Å². The lowest BCUT2D eigenvalue weighted by Gasteiger charge is -2.11. The van der Waals surface area contributed by atoms with Gasteiger partial charge in [-0.1, -0.05) is 5.21 Å². The third-order valence-electron chi connectivity index (χ3n) is 2.65. The lowest BCUT2D eigenvalue weighted by atomic mass is 10.2. The van der Waals surface area contributed by atoms with Crippen molar-refractivity contribution in [3.05, 3.63) is 35.7 Å². The zero-order valence-electron chi connectivity index (χ0n) is 11.1. The van der Waals surface area contributed by atoms with Crippen molar-refractivity contribution in [1.82, 2.24) is 15.0 Å². The Morgan fingerprint density at radius 3 is 2.89 bits per heavy atom. The number of aryl methyl sites for hydroxylation is 1. The van der Waals surface area contributed by atoms with E-state index in [0.717, 1.165) is 22.7 Å². The number of hydrogen-bond acceptors (Lipinski definition) is 5. The molecule has 0 aliphatic rings. The number of hydrogen-bond donors (Lipinski definition) is 2. The Bertz CT molecular complexity index is 539. The second kappa shape index (κ2) is 6.19. The average molecular weight is 262 g/mol. The van der Waals surface area contributed by atoms with Crippen LogP contribution < -0.4 is 10.1 Å². The molecule has 1 heterocycles. The summed E-state index contributed by atoms with van der Waals surface area (Å²) in [4.78, 5) is 0. The highest BCUT2D eigenvalue weighted by atomic mass is 16.5. The number of ether oxygens (including phenoxy) is 1. The van der Waals surface area contributed by atoms with Crippen LogP contribution in [-0.2, 0) is 20.2 Å². The van der Waals surface area contributed by atoms with Gasteiger partial charge in [-0.2, -0.15) is 0 Å². The maximum absolute atomic E-state index is 9.32. The van der Waals surface area contributed by atoms with Gasteiger partial charge in [-0.05, 0) is 25.1 Å². The minimum Gasteiger partial charge on any atom is -0.494 e. The van der Waals surface area contributed by atoms with Crippen molar-refractivity contribution in [1.29, 1.82) is 0 Å². The van der Waals surface area contributed by atoms with Crippen LogP contribution in [0.15, 0.2) is 24.4 Å². The van der Waals surface area contributed by atoms with Crippen molar-refractivity contribution in [3.8, 4) is 5.75 Å². The molecule has 0 aliphatic heterocycles. The third-order valence-corrected chi connectivity index (χ3v) is 2.65. The van der Waals surface area contributed by atoms with Gasteiger partial charge in [0.1, 0.15) is 11.4 Å². The number of anilines is 1. The monoisotopic (exact) mass is 262 g/mol. The summed E-state index contributed by atoms with van der Waals surface area (Å²) in [7, 11) is 1.83. The van der Waals surface area contributed by atoms with Crippen LogP contribution in [0.25, 0.3) is 0 Å². The van der Waals surface area contributed by atoms with Gasteiger partial charge < -0.3 is 15.2 Å². The molecule has 102 valence electrons. The Morgan fingerprint density at radius 2 is 2.26 bits per heavy atom. The number of benzene rings is 1. The first-order chi connectivity index (χ1) is 9.22. The molecule has 19 heavy (non-hydrogen) atoms. The quantitative estimate of drug-likeness (QED) is 0.821. The minimum atomic E-state index is -0.0456. The van der Waals surface area contributed by atoms with E-state index in [1.54, 1.807) is 4.68 Å². The van der Waals surface area contributed by atoms with Crippen LogP contribution in [0.5, 0.6) is 5.75 Å². The largest absolute Gasteiger partial charge is 0.494 e. The van der Waals surface area contributed by atoms with Gasteiger partial charge in [0.25, 0.3) is 0 Å². The SMILES string of the molecule is CCOc1ccc(NCc2cn(C)nn2)cc1CO. The molecule has 0 fully saturated rings. The number of nitrogens with one attached hydrogen (secondary N) is 1. The molecule has 6 nitrogen and oxygen atoms in total. The molecular weight excluding hydrogens is 244 g/mol. The molecule has 0 saturated heterocycles. The van der Waals surface area contributed by atoms with Crippen molar-refractivity contribution in [2.75, 3.05) is 11.9 Å². The van der Waals surface area contributed by atoms with Gasteiger partial charge in [-0.3, -0.25) is 4.68 Å². The summed E-state index contributed by atoms with van der Waals surface area (Å²) in [6.07, 6.45) is 1.86. The standard InChI is InChI=1S/C13H18N4O2/c1-3-19-13-5-4-11(6-10(13)9-18)14-7-12-8-17(2)16-15-12/h4-6,8,14,18H,3,7,9H2,1-2H3. The van der Waals surface area contributed by atoms with Crippen LogP contribution in [0.4, 0.5) is 5.69 Å². The molecule has 0 amide bonds. The predicted octanol–water partition coefficient (Wildman–Crippen LogP) is 1.32. The van der Waals surface area contributed by atoms with Gasteiger partial charge in [0.15, 0.2) is 0 Å². The molecule has 0 aliphatic carbocycles. The van der Waals surface area contributed by atoms with Crippen molar-refractivity contribution < 1.29 is 9.84 Å². The molecule has 0 radical (unpaired) electrons. The Balaban J connectivity index is 2.04. The van der Waals surface area contributed by atoms with Crippen LogP contribution in [0.1, 0.15) is 18.2 Å². The molecule has 0 unspecified atom stereocenters. The fourth-order valence-electron chi connectivity index (χ4n) is 1.78. The number of rotatable bonds is 6. The molecule has 1 aromatic carbocycles. The van der Waals surface area contributed by atoms with Gasteiger partial charge in [0.05, 0.1) is 19.8 Å². The average Bonchev–Trinajstić information content (AvgIpc) is 2.83.